The molecule has 0 fully saturated rings. The van der Waals surface area contributed by atoms with Crippen LogP contribution in [0.3, 0.4) is 0 Å². The summed E-state index contributed by atoms with van der Waals surface area (Å²) in [5.41, 5.74) is 0.0702. The molecule has 0 aliphatic carbocycles. The Hall–Kier alpha value is -1.39. The Labute approximate surface area is 148 Å². The third kappa shape index (κ3) is 3.29. The molecule has 0 spiro atoms. The average Bonchev–Trinajstić information content (AvgIpc) is 3.10. The van der Waals surface area contributed by atoms with E-state index in [-0.39, 0.29) is 11.4 Å². The van der Waals surface area contributed by atoms with Crippen molar-refractivity contribution in [3.8, 4) is 27.7 Å². The number of aromatic hydroxyl groups is 1. The minimum atomic E-state index is -4.49. The van der Waals surface area contributed by atoms with Crippen LogP contribution in [0.1, 0.15) is 5.69 Å². The van der Waals surface area contributed by atoms with E-state index < -0.39 is 11.9 Å². The Morgan fingerprint density at radius 1 is 1.13 bits per heavy atom. The first-order valence-electron chi connectivity index (χ1n) is 6.02. The molecule has 0 atom stereocenters. The number of H-pyrrole nitrogens is 1. The van der Waals surface area contributed by atoms with Crippen molar-refractivity contribution in [2.24, 2.45) is 0 Å². The molecule has 0 amide bonds. The van der Waals surface area contributed by atoms with Crippen LogP contribution in [0, 0.1) is 0 Å². The monoisotopic (exact) mass is 467 g/mol. The van der Waals surface area contributed by atoms with E-state index >= 15 is 0 Å². The van der Waals surface area contributed by atoms with E-state index in [9.17, 15) is 18.3 Å². The van der Waals surface area contributed by atoms with Crippen LogP contribution >= 0.6 is 43.2 Å². The number of hydrogen-bond donors (Lipinski definition) is 2. The van der Waals surface area contributed by atoms with Crippen LogP contribution in [0.25, 0.3) is 22.0 Å². The molecule has 0 radical (unpaired) electrons. The van der Waals surface area contributed by atoms with Gasteiger partial charge in [-0.3, -0.25) is 5.10 Å². The van der Waals surface area contributed by atoms with Crippen molar-refractivity contribution in [2.75, 3.05) is 0 Å². The van der Waals surface area contributed by atoms with Crippen LogP contribution in [-0.4, -0.2) is 20.3 Å². The van der Waals surface area contributed by atoms with E-state index in [1.54, 1.807) is 17.5 Å². The maximum Gasteiger partial charge on any atom is 0.432 e. The first kappa shape index (κ1) is 16.5. The molecule has 2 aromatic heterocycles. The van der Waals surface area contributed by atoms with E-state index in [1.165, 1.54) is 0 Å². The molecule has 0 unspecified atom stereocenters. The van der Waals surface area contributed by atoms with Gasteiger partial charge in [0.2, 0.25) is 0 Å². The van der Waals surface area contributed by atoms with Gasteiger partial charge < -0.3 is 5.11 Å². The fourth-order valence-corrected chi connectivity index (χ4v) is 3.86. The molecule has 3 rings (SSSR count). The van der Waals surface area contributed by atoms with Gasteiger partial charge in [0.1, 0.15) is 22.1 Å². The van der Waals surface area contributed by atoms with E-state index in [0.29, 0.717) is 20.7 Å². The van der Waals surface area contributed by atoms with Crippen molar-refractivity contribution in [3.05, 3.63) is 38.2 Å². The van der Waals surface area contributed by atoms with Gasteiger partial charge >= 0.3 is 6.18 Å². The van der Waals surface area contributed by atoms with Crippen molar-refractivity contribution in [1.29, 1.82) is 0 Å². The second-order valence-corrected chi connectivity index (χ2v) is 7.11. The maximum atomic E-state index is 12.6. The minimum absolute atomic E-state index is 0.00283. The number of halogens is 5. The molecular formula is C13H6Br2F3N3OS. The highest BCUT2D eigenvalue weighted by molar-refractivity contribution is 9.11. The SMILES string of the molecule is Oc1c(Br)cc(Br)cc1-c1csc(-c2cc(C(F)(F)F)[nH]n2)n1. The summed E-state index contributed by atoms with van der Waals surface area (Å²) < 4.78 is 39.0. The summed E-state index contributed by atoms with van der Waals surface area (Å²) in [6.45, 7) is 0. The lowest BCUT2D eigenvalue weighted by atomic mass is 10.1. The number of thiazole rings is 1. The zero-order valence-electron chi connectivity index (χ0n) is 10.9. The lowest BCUT2D eigenvalue weighted by Crippen LogP contribution is -2.04. The highest BCUT2D eigenvalue weighted by Gasteiger charge is 2.33. The summed E-state index contributed by atoms with van der Waals surface area (Å²) in [6.07, 6.45) is -4.49. The molecule has 0 aliphatic heterocycles. The molecule has 3 aromatic rings. The van der Waals surface area contributed by atoms with Crippen LogP contribution in [-0.2, 0) is 6.18 Å². The number of nitrogens with zero attached hydrogens (tertiary/aromatic N) is 2. The third-order valence-electron chi connectivity index (χ3n) is 2.91. The van der Waals surface area contributed by atoms with Crippen molar-refractivity contribution >= 4 is 43.2 Å². The van der Waals surface area contributed by atoms with Crippen LogP contribution in [0.15, 0.2) is 32.5 Å². The van der Waals surface area contributed by atoms with Gasteiger partial charge in [-0.15, -0.1) is 11.3 Å². The number of aromatic nitrogens is 3. The average molecular weight is 469 g/mol. The normalized spacial score (nSPS) is 11.9. The summed E-state index contributed by atoms with van der Waals surface area (Å²) in [7, 11) is 0. The molecule has 0 saturated heterocycles. The van der Waals surface area contributed by atoms with E-state index in [1.807, 2.05) is 5.10 Å². The van der Waals surface area contributed by atoms with Gasteiger partial charge in [0, 0.05) is 15.4 Å². The number of benzene rings is 1. The highest BCUT2D eigenvalue weighted by atomic mass is 79.9. The predicted molar refractivity (Wildman–Crippen MR) is 87.2 cm³/mol. The topological polar surface area (TPSA) is 61.8 Å². The summed E-state index contributed by atoms with van der Waals surface area (Å²) in [5.74, 6) is 0.00283. The summed E-state index contributed by atoms with van der Waals surface area (Å²) in [6, 6.07) is 4.25. The molecule has 23 heavy (non-hydrogen) atoms. The van der Waals surface area contributed by atoms with Crippen LogP contribution < -0.4 is 0 Å². The number of alkyl halides is 3. The molecule has 1 aromatic carbocycles. The standard InChI is InChI=1S/C13H6Br2F3N3OS/c14-5-1-6(11(22)7(15)2-5)9-4-23-12(19-9)8-3-10(21-20-8)13(16,17)18/h1-4,22H,(H,20,21). The zero-order chi connectivity index (χ0) is 16.8. The molecular weight excluding hydrogens is 463 g/mol. The van der Waals surface area contributed by atoms with Gasteiger partial charge in [0.15, 0.2) is 0 Å². The molecule has 2 N–H and O–H groups in total. The van der Waals surface area contributed by atoms with Gasteiger partial charge in [-0.1, -0.05) is 15.9 Å². The summed E-state index contributed by atoms with van der Waals surface area (Å²) >= 11 is 7.68. The Bertz CT molecular complexity index is 876. The van der Waals surface area contributed by atoms with Gasteiger partial charge in [-0.05, 0) is 34.1 Å². The second-order valence-electron chi connectivity index (χ2n) is 4.49. The quantitative estimate of drug-likeness (QED) is 0.525. The second kappa shape index (κ2) is 5.91. The molecule has 0 saturated carbocycles. The fourth-order valence-electron chi connectivity index (χ4n) is 1.85. The molecule has 10 heteroatoms. The summed E-state index contributed by atoms with van der Waals surface area (Å²) in [4.78, 5) is 4.26. The lowest BCUT2D eigenvalue weighted by Gasteiger charge is -2.04. The Balaban J connectivity index is 2.00. The number of phenols is 1. The first-order chi connectivity index (χ1) is 10.8. The Morgan fingerprint density at radius 2 is 1.87 bits per heavy atom. The lowest BCUT2D eigenvalue weighted by molar-refractivity contribution is -0.141. The van der Waals surface area contributed by atoms with Gasteiger partial charge in [-0.25, -0.2) is 4.98 Å². The van der Waals surface area contributed by atoms with Gasteiger partial charge in [0.25, 0.3) is 0 Å². The highest BCUT2D eigenvalue weighted by Crippen LogP contribution is 2.40. The summed E-state index contributed by atoms with van der Waals surface area (Å²) in [5, 5.41) is 17.6. The maximum absolute atomic E-state index is 12.6. The largest absolute Gasteiger partial charge is 0.506 e. The Morgan fingerprint density at radius 3 is 2.52 bits per heavy atom. The molecule has 4 nitrogen and oxygen atoms in total. The molecule has 120 valence electrons. The van der Waals surface area contributed by atoms with Crippen molar-refractivity contribution in [2.45, 2.75) is 6.18 Å². The first-order valence-corrected chi connectivity index (χ1v) is 8.49. The van der Waals surface area contributed by atoms with E-state index in [0.717, 1.165) is 21.9 Å². The van der Waals surface area contributed by atoms with Crippen molar-refractivity contribution < 1.29 is 18.3 Å². The van der Waals surface area contributed by atoms with E-state index in [2.05, 4.69) is 41.9 Å². The smallest absolute Gasteiger partial charge is 0.432 e. The van der Waals surface area contributed by atoms with Gasteiger partial charge in [0.05, 0.1) is 10.2 Å². The van der Waals surface area contributed by atoms with Crippen LogP contribution in [0.2, 0.25) is 0 Å². The number of rotatable bonds is 2. The Kier molecular flexibility index (Phi) is 4.23. The number of aromatic amines is 1. The molecule has 2 heterocycles. The van der Waals surface area contributed by atoms with Crippen LogP contribution in [0.5, 0.6) is 5.75 Å². The van der Waals surface area contributed by atoms with Crippen molar-refractivity contribution in [3.63, 3.8) is 0 Å². The number of hydrogen-bond acceptors (Lipinski definition) is 4. The van der Waals surface area contributed by atoms with Crippen LogP contribution in [0.4, 0.5) is 13.2 Å². The number of phenolic OH excluding ortho intramolecular Hbond substituents is 1. The predicted octanol–water partition coefficient (Wildman–Crippen LogP) is 5.45. The number of nitrogens with one attached hydrogen (secondary N) is 1. The van der Waals surface area contributed by atoms with E-state index in [4.69, 9.17) is 0 Å². The third-order valence-corrected chi connectivity index (χ3v) is 4.84. The zero-order valence-corrected chi connectivity index (χ0v) is 14.9. The fraction of sp³-hybridized carbons (Fsp3) is 0.0769. The minimum Gasteiger partial charge on any atom is -0.506 e. The van der Waals surface area contributed by atoms with Crippen molar-refractivity contribution in [1.82, 2.24) is 15.2 Å². The molecule has 0 bridgehead atoms. The van der Waals surface area contributed by atoms with Gasteiger partial charge in [-0.2, -0.15) is 18.3 Å². The molecule has 0 aliphatic rings.